The van der Waals surface area contributed by atoms with E-state index in [1.54, 1.807) is 12.1 Å². The molecule has 0 aliphatic carbocycles. The standard InChI is InChI=1S/C10H11NO3/c1-7-5-9(3-4-11(13)14)10(12)6-8(7)2/h3-6,12H,1-2H3/b4-3+. The normalized spacial score (nSPS) is 10.7. The van der Waals surface area contributed by atoms with Gasteiger partial charge in [-0.3, -0.25) is 10.1 Å². The summed E-state index contributed by atoms with van der Waals surface area (Å²) >= 11 is 0. The van der Waals surface area contributed by atoms with E-state index in [1.165, 1.54) is 6.08 Å². The molecule has 0 radical (unpaired) electrons. The molecule has 0 saturated carbocycles. The number of aryl methyl sites for hydroxylation is 2. The van der Waals surface area contributed by atoms with Crippen LogP contribution in [0.4, 0.5) is 0 Å². The summed E-state index contributed by atoms with van der Waals surface area (Å²) in [4.78, 5) is 9.51. The number of hydrogen-bond acceptors (Lipinski definition) is 3. The monoisotopic (exact) mass is 193 g/mol. The van der Waals surface area contributed by atoms with Crippen LogP contribution in [0.15, 0.2) is 18.3 Å². The molecule has 0 heterocycles. The van der Waals surface area contributed by atoms with Crippen LogP contribution in [0.3, 0.4) is 0 Å². The molecule has 4 heteroatoms. The second-order valence-electron chi connectivity index (χ2n) is 3.10. The lowest BCUT2D eigenvalue weighted by molar-refractivity contribution is -0.400. The van der Waals surface area contributed by atoms with Crippen molar-refractivity contribution in [1.82, 2.24) is 0 Å². The van der Waals surface area contributed by atoms with Gasteiger partial charge in [0, 0.05) is 11.6 Å². The van der Waals surface area contributed by atoms with E-state index in [2.05, 4.69) is 0 Å². The van der Waals surface area contributed by atoms with Gasteiger partial charge in [-0.2, -0.15) is 0 Å². The fraction of sp³-hybridized carbons (Fsp3) is 0.200. The highest BCUT2D eigenvalue weighted by molar-refractivity contribution is 5.58. The van der Waals surface area contributed by atoms with Gasteiger partial charge in [0.15, 0.2) is 0 Å². The van der Waals surface area contributed by atoms with E-state index in [1.807, 2.05) is 13.8 Å². The van der Waals surface area contributed by atoms with Crippen LogP contribution in [0.25, 0.3) is 6.08 Å². The number of rotatable bonds is 2. The van der Waals surface area contributed by atoms with E-state index in [0.717, 1.165) is 17.3 Å². The quantitative estimate of drug-likeness (QED) is 0.578. The Kier molecular flexibility index (Phi) is 2.86. The summed E-state index contributed by atoms with van der Waals surface area (Å²) in [7, 11) is 0. The second-order valence-corrected chi connectivity index (χ2v) is 3.10. The zero-order valence-corrected chi connectivity index (χ0v) is 8.02. The number of hydrogen-bond donors (Lipinski definition) is 1. The Hall–Kier alpha value is -1.84. The van der Waals surface area contributed by atoms with Crippen molar-refractivity contribution in [1.29, 1.82) is 0 Å². The molecule has 1 N–H and O–H groups in total. The summed E-state index contributed by atoms with van der Waals surface area (Å²) in [5, 5.41) is 19.5. The predicted molar refractivity (Wildman–Crippen MR) is 53.6 cm³/mol. The Bertz CT molecular complexity index is 397. The van der Waals surface area contributed by atoms with Crippen molar-refractivity contribution in [3.05, 3.63) is 45.1 Å². The summed E-state index contributed by atoms with van der Waals surface area (Å²) < 4.78 is 0. The van der Waals surface area contributed by atoms with Gasteiger partial charge in [-0.15, -0.1) is 0 Å². The first kappa shape index (κ1) is 10.2. The largest absolute Gasteiger partial charge is 0.507 e. The van der Waals surface area contributed by atoms with Crippen molar-refractivity contribution in [3.8, 4) is 5.75 Å². The molecule has 0 unspecified atom stereocenters. The molecule has 1 aromatic rings. The van der Waals surface area contributed by atoms with Gasteiger partial charge in [-0.1, -0.05) is 0 Å². The van der Waals surface area contributed by atoms with Gasteiger partial charge in [0.25, 0.3) is 0 Å². The van der Waals surface area contributed by atoms with Gasteiger partial charge in [0.2, 0.25) is 6.20 Å². The van der Waals surface area contributed by atoms with E-state index in [9.17, 15) is 15.2 Å². The lowest BCUT2D eigenvalue weighted by Crippen LogP contribution is -1.86. The highest BCUT2D eigenvalue weighted by atomic mass is 16.6. The zero-order valence-electron chi connectivity index (χ0n) is 8.02. The first-order chi connectivity index (χ1) is 6.50. The van der Waals surface area contributed by atoms with Crippen LogP contribution >= 0.6 is 0 Å². The number of phenols is 1. The summed E-state index contributed by atoms with van der Waals surface area (Å²) in [5.41, 5.74) is 2.41. The molecule has 0 fully saturated rings. The lowest BCUT2D eigenvalue weighted by Gasteiger charge is -2.03. The number of benzene rings is 1. The fourth-order valence-corrected chi connectivity index (χ4v) is 1.10. The van der Waals surface area contributed by atoms with Crippen molar-refractivity contribution in [2.24, 2.45) is 0 Å². The minimum Gasteiger partial charge on any atom is -0.507 e. The first-order valence-electron chi connectivity index (χ1n) is 4.12. The Morgan fingerprint density at radius 2 is 1.93 bits per heavy atom. The molecule has 1 aromatic carbocycles. The first-order valence-corrected chi connectivity index (χ1v) is 4.12. The molecule has 0 saturated heterocycles. The van der Waals surface area contributed by atoms with Crippen LogP contribution in [-0.4, -0.2) is 10.0 Å². The van der Waals surface area contributed by atoms with Gasteiger partial charge in [0.05, 0.1) is 4.92 Å². The van der Waals surface area contributed by atoms with E-state index < -0.39 is 4.92 Å². The Morgan fingerprint density at radius 3 is 2.50 bits per heavy atom. The topological polar surface area (TPSA) is 63.4 Å². The van der Waals surface area contributed by atoms with Crippen molar-refractivity contribution in [3.63, 3.8) is 0 Å². The Morgan fingerprint density at radius 1 is 1.36 bits per heavy atom. The van der Waals surface area contributed by atoms with E-state index in [0.29, 0.717) is 5.56 Å². The molecule has 0 amide bonds. The lowest BCUT2D eigenvalue weighted by atomic mass is 10.1. The smallest absolute Gasteiger partial charge is 0.235 e. The minimum atomic E-state index is -0.561. The van der Waals surface area contributed by atoms with Crippen LogP contribution in [-0.2, 0) is 0 Å². The van der Waals surface area contributed by atoms with Crippen molar-refractivity contribution < 1.29 is 10.0 Å². The maximum atomic E-state index is 10.1. The molecule has 0 aliphatic rings. The van der Waals surface area contributed by atoms with E-state index in [-0.39, 0.29) is 5.75 Å². The fourth-order valence-electron chi connectivity index (χ4n) is 1.10. The summed E-state index contributed by atoms with van der Waals surface area (Å²) in [5.74, 6) is 0.0613. The molecule has 0 atom stereocenters. The molecular weight excluding hydrogens is 182 g/mol. The van der Waals surface area contributed by atoms with Gasteiger partial charge >= 0.3 is 0 Å². The molecule has 14 heavy (non-hydrogen) atoms. The SMILES string of the molecule is Cc1cc(O)c(/C=C/[N+](=O)[O-])cc1C. The maximum Gasteiger partial charge on any atom is 0.235 e. The number of nitrogens with zero attached hydrogens (tertiary/aromatic N) is 1. The Balaban J connectivity index is 3.10. The highest BCUT2D eigenvalue weighted by Gasteiger charge is 2.02. The zero-order chi connectivity index (χ0) is 10.7. The van der Waals surface area contributed by atoms with Gasteiger partial charge in [-0.05, 0) is 37.1 Å². The van der Waals surface area contributed by atoms with Crippen LogP contribution < -0.4 is 0 Å². The summed E-state index contributed by atoms with van der Waals surface area (Å²) in [6, 6.07) is 3.31. The maximum absolute atomic E-state index is 10.1. The average Bonchev–Trinajstić information content (AvgIpc) is 2.09. The van der Waals surface area contributed by atoms with Crippen LogP contribution in [0, 0.1) is 24.0 Å². The third kappa shape index (κ3) is 2.32. The van der Waals surface area contributed by atoms with Gasteiger partial charge in [0.1, 0.15) is 5.75 Å². The van der Waals surface area contributed by atoms with Gasteiger partial charge in [-0.25, -0.2) is 0 Å². The van der Waals surface area contributed by atoms with E-state index in [4.69, 9.17) is 0 Å². The van der Waals surface area contributed by atoms with Crippen molar-refractivity contribution in [2.45, 2.75) is 13.8 Å². The summed E-state index contributed by atoms with van der Waals surface area (Å²) in [6.07, 6.45) is 2.09. The molecule has 74 valence electrons. The summed E-state index contributed by atoms with van der Waals surface area (Å²) in [6.45, 7) is 3.76. The van der Waals surface area contributed by atoms with Crippen LogP contribution in [0.1, 0.15) is 16.7 Å². The van der Waals surface area contributed by atoms with Crippen molar-refractivity contribution >= 4 is 6.08 Å². The van der Waals surface area contributed by atoms with E-state index >= 15 is 0 Å². The van der Waals surface area contributed by atoms with Crippen molar-refractivity contribution in [2.75, 3.05) is 0 Å². The molecule has 0 aliphatic heterocycles. The molecule has 1 rings (SSSR count). The third-order valence-corrected chi connectivity index (χ3v) is 2.02. The second kappa shape index (κ2) is 3.91. The molecule has 0 aromatic heterocycles. The predicted octanol–water partition coefficient (Wildman–Crippen LogP) is 2.26. The van der Waals surface area contributed by atoms with Crippen LogP contribution in [0.5, 0.6) is 5.75 Å². The molecule has 0 spiro atoms. The highest BCUT2D eigenvalue weighted by Crippen LogP contribution is 2.22. The number of aromatic hydroxyl groups is 1. The molecular formula is C10H11NO3. The average molecular weight is 193 g/mol. The van der Waals surface area contributed by atoms with Crippen LogP contribution in [0.2, 0.25) is 0 Å². The number of nitro groups is 1. The van der Waals surface area contributed by atoms with Gasteiger partial charge < -0.3 is 5.11 Å². The minimum absolute atomic E-state index is 0.0613. The number of phenolic OH excluding ortho intramolecular Hbond substituents is 1. The third-order valence-electron chi connectivity index (χ3n) is 2.02. The Labute approximate surface area is 81.6 Å². The molecule has 0 bridgehead atoms. The molecule has 4 nitrogen and oxygen atoms in total.